The second-order valence-corrected chi connectivity index (χ2v) is 11.3. The highest BCUT2D eigenvalue weighted by Gasteiger charge is 2.30. The predicted octanol–water partition coefficient (Wildman–Crippen LogP) is 4.01. The van der Waals surface area contributed by atoms with E-state index in [0.29, 0.717) is 43.4 Å². The van der Waals surface area contributed by atoms with E-state index in [1.54, 1.807) is 28.8 Å². The lowest BCUT2D eigenvalue weighted by molar-refractivity contribution is -0.116. The second kappa shape index (κ2) is 9.02. The van der Waals surface area contributed by atoms with Crippen molar-refractivity contribution >= 4 is 50.7 Å². The molecule has 2 heterocycles. The molecule has 6 nitrogen and oxygen atoms in total. The molecule has 1 fully saturated rings. The molecule has 0 radical (unpaired) electrons. The van der Waals surface area contributed by atoms with Gasteiger partial charge in [0.05, 0.1) is 10.6 Å². The first-order valence-electron chi connectivity index (χ1n) is 10.3. The quantitative estimate of drug-likeness (QED) is 0.665. The molecule has 2 aromatic carbocycles. The number of piperazine rings is 1. The van der Waals surface area contributed by atoms with Crippen LogP contribution in [0.3, 0.4) is 0 Å². The van der Waals surface area contributed by atoms with E-state index < -0.39 is 10.0 Å². The van der Waals surface area contributed by atoms with Gasteiger partial charge in [-0.2, -0.15) is 4.31 Å². The van der Waals surface area contributed by atoms with Crippen molar-refractivity contribution in [3.63, 3.8) is 0 Å². The topological polar surface area (TPSA) is 60.9 Å². The second-order valence-electron chi connectivity index (χ2n) is 7.82. The molecule has 0 spiro atoms. The third-order valence-electron chi connectivity index (χ3n) is 5.77. The summed E-state index contributed by atoms with van der Waals surface area (Å²) in [6, 6.07) is 10.9. The molecule has 166 valence electrons. The van der Waals surface area contributed by atoms with E-state index in [4.69, 9.17) is 11.6 Å². The highest BCUT2D eigenvalue weighted by Crippen LogP contribution is 2.36. The third-order valence-corrected chi connectivity index (χ3v) is 9.05. The predicted molar refractivity (Wildman–Crippen MR) is 127 cm³/mol. The molecule has 2 aromatic rings. The zero-order valence-corrected chi connectivity index (χ0v) is 20.1. The van der Waals surface area contributed by atoms with Gasteiger partial charge in [0.1, 0.15) is 0 Å². The smallest absolute Gasteiger partial charge is 0.243 e. The Bertz CT molecular complexity index is 1100. The summed E-state index contributed by atoms with van der Waals surface area (Å²) in [7, 11) is -3.65. The summed E-state index contributed by atoms with van der Waals surface area (Å²) >= 11 is 7.82. The third kappa shape index (κ3) is 4.58. The lowest BCUT2D eigenvalue weighted by Crippen LogP contribution is -2.48. The van der Waals surface area contributed by atoms with Crippen LogP contribution in [0, 0.1) is 6.92 Å². The first-order chi connectivity index (χ1) is 14.8. The molecular weight excluding hydrogens is 454 g/mol. The van der Waals surface area contributed by atoms with Crippen LogP contribution in [0.5, 0.6) is 0 Å². The number of rotatable bonds is 3. The summed E-state index contributed by atoms with van der Waals surface area (Å²) in [6.07, 6.45) is 0.881. The molecule has 2 aliphatic heterocycles. The van der Waals surface area contributed by atoms with Crippen LogP contribution in [0.4, 0.5) is 11.4 Å². The molecule has 31 heavy (non-hydrogen) atoms. The van der Waals surface area contributed by atoms with Gasteiger partial charge < -0.3 is 9.80 Å². The highest BCUT2D eigenvalue weighted by atomic mass is 35.5. The van der Waals surface area contributed by atoms with Crippen LogP contribution in [0.15, 0.2) is 46.2 Å². The van der Waals surface area contributed by atoms with Crippen molar-refractivity contribution in [2.75, 3.05) is 48.3 Å². The molecule has 0 N–H and O–H groups in total. The molecule has 2 aliphatic rings. The van der Waals surface area contributed by atoms with Crippen molar-refractivity contribution < 1.29 is 13.2 Å². The van der Waals surface area contributed by atoms with Crippen LogP contribution in [-0.2, 0) is 14.8 Å². The Morgan fingerprint density at radius 2 is 1.74 bits per heavy atom. The van der Waals surface area contributed by atoms with Crippen LogP contribution >= 0.6 is 23.4 Å². The summed E-state index contributed by atoms with van der Waals surface area (Å²) < 4.78 is 28.3. The Balaban J connectivity index is 1.56. The van der Waals surface area contributed by atoms with Crippen molar-refractivity contribution in [1.29, 1.82) is 0 Å². The number of hydrogen-bond donors (Lipinski definition) is 0. The van der Waals surface area contributed by atoms with Gasteiger partial charge in [-0.1, -0.05) is 17.7 Å². The fourth-order valence-electron chi connectivity index (χ4n) is 4.08. The molecule has 4 rings (SSSR count). The number of carbonyl (C=O) groups excluding carboxylic acids is 1. The largest absolute Gasteiger partial charge is 0.369 e. The van der Waals surface area contributed by atoms with Gasteiger partial charge in [0.15, 0.2) is 0 Å². The van der Waals surface area contributed by atoms with Crippen molar-refractivity contribution in [1.82, 2.24) is 4.31 Å². The van der Waals surface area contributed by atoms with E-state index in [2.05, 4.69) is 4.90 Å². The van der Waals surface area contributed by atoms with Crippen LogP contribution in [0.2, 0.25) is 5.02 Å². The first kappa shape index (κ1) is 22.5. The summed E-state index contributed by atoms with van der Waals surface area (Å²) in [4.78, 5) is 17.2. The zero-order valence-electron chi connectivity index (χ0n) is 17.7. The van der Waals surface area contributed by atoms with Gasteiger partial charge in [0.25, 0.3) is 0 Å². The van der Waals surface area contributed by atoms with Gasteiger partial charge in [-0.3, -0.25) is 4.79 Å². The van der Waals surface area contributed by atoms with Crippen LogP contribution in [-0.4, -0.2) is 57.1 Å². The van der Waals surface area contributed by atoms with E-state index >= 15 is 0 Å². The first-order valence-corrected chi connectivity index (χ1v) is 13.1. The minimum atomic E-state index is -3.65. The summed E-state index contributed by atoms with van der Waals surface area (Å²) in [6.45, 7) is 6.16. The maximum Gasteiger partial charge on any atom is 0.243 e. The lowest BCUT2D eigenvalue weighted by atomic mass is 10.1. The number of sulfonamides is 1. The van der Waals surface area contributed by atoms with E-state index in [-0.39, 0.29) is 10.8 Å². The SMILES string of the molecule is CC(=O)N1CCCSc2ccc(S(=O)(=O)N3CCN(c4cc(Cl)ccc4C)CC3)cc21. The van der Waals surface area contributed by atoms with Gasteiger partial charge in [-0.25, -0.2) is 8.42 Å². The van der Waals surface area contributed by atoms with E-state index in [1.165, 1.54) is 11.2 Å². The number of halogens is 1. The Hall–Kier alpha value is -1.74. The molecule has 0 aromatic heterocycles. The van der Waals surface area contributed by atoms with Crippen molar-refractivity contribution in [2.24, 2.45) is 0 Å². The number of anilines is 2. The maximum atomic E-state index is 13.4. The minimum Gasteiger partial charge on any atom is -0.369 e. The fourth-order valence-corrected chi connectivity index (χ4v) is 6.67. The number of fused-ring (bicyclic) bond motifs is 1. The fraction of sp³-hybridized carbons (Fsp3) is 0.409. The van der Waals surface area contributed by atoms with Gasteiger partial charge in [0, 0.05) is 55.3 Å². The maximum absolute atomic E-state index is 13.4. The van der Waals surface area contributed by atoms with Gasteiger partial charge in [-0.15, -0.1) is 11.8 Å². The molecule has 0 unspecified atom stereocenters. The number of carbonyl (C=O) groups is 1. The molecule has 1 saturated heterocycles. The Morgan fingerprint density at radius 1 is 1.00 bits per heavy atom. The number of amides is 1. The Morgan fingerprint density at radius 3 is 2.45 bits per heavy atom. The number of nitrogens with zero attached hydrogens (tertiary/aromatic N) is 3. The molecule has 0 saturated carbocycles. The highest BCUT2D eigenvalue weighted by molar-refractivity contribution is 7.99. The number of hydrogen-bond acceptors (Lipinski definition) is 5. The standard InChI is InChI=1S/C22H26ClN3O3S2/c1-16-4-5-18(23)14-20(16)24-9-11-25(12-10-24)31(28,29)19-6-7-22-21(15-19)26(17(2)27)8-3-13-30-22/h4-7,14-15H,3,8-13H2,1-2H3. The van der Waals surface area contributed by atoms with E-state index in [0.717, 1.165) is 28.3 Å². The average molecular weight is 480 g/mol. The van der Waals surface area contributed by atoms with E-state index in [9.17, 15) is 13.2 Å². The molecule has 1 amide bonds. The molecule has 0 aliphatic carbocycles. The summed E-state index contributed by atoms with van der Waals surface area (Å²) in [5.41, 5.74) is 2.86. The zero-order chi connectivity index (χ0) is 22.2. The van der Waals surface area contributed by atoms with Crippen molar-refractivity contribution in [3.05, 3.63) is 47.0 Å². The molecule has 0 bridgehead atoms. The number of thioether (sulfide) groups is 1. The molecular formula is C22H26ClN3O3S2. The monoisotopic (exact) mass is 479 g/mol. The van der Waals surface area contributed by atoms with Crippen LogP contribution < -0.4 is 9.80 Å². The van der Waals surface area contributed by atoms with Crippen molar-refractivity contribution in [3.8, 4) is 0 Å². The number of aryl methyl sites for hydroxylation is 1. The number of benzene rings is 2. The Labute approximate surface area is 193 Å². The summed E-state index contributed by atoms with van der Waals surface area (Å²) in [5.74, 6) is 0.845. The van der Waals surface area contributed by atoms with Crippen LogP contribution in [0.25, 0.3) is 0 Å². The van der Waals surface area contributed by atoms with Gasteiger partial charge in [0.2, 0.25) is 15.9 Å². The Kier molecular flexibility index (Phi) is 6.53. The van der Waals surface area contributed by atoms with Gasteiger partial charge in [-0.05, 0) is 55.0 Å². The molecule has 0 atom stereocenters. The van der Waals surface area contributed by atoms with Crippen molar-refractivity contribution in [2.45, 2.75) is 30.1 Å². The van der Waals surface area contributed by atoms with Gasteiger partial charge >= 0.3 is 0 Å². The average Bonchev–Trinajstić information content (AvgIpc) is 2.97. The minimum absolute atomic E-state index is 0.0659. The normalized spacial score (nSPS) is 17.9. The molecule has 9 heteroatoms. The lowest BCUT2D eigenvalue weighted by Gasteiger charge is -2.36. The summed E-state index contributed by atoms with van der Waals surface area (Å²) in [5, 5.41) is 0.675. The van der Waals surface area contributed by atoms with Crippen LogP contribution in [0.1, 0.15) is 18.9 Å². The van der Waals surface area contributed by atoms with E-state index in [1.807, 2.05) is 31.2 Å².